The molecular formula is C16H17NOSi. The first-order valence-electron chi connectivity index (χ1n) is 6.14. The number of aryl methyl sites for hydroxylation is 1. The van der Waals surface area contributed by atoms with Gasteiger partial charge in [-0.05, 0) is 42.3 Å². The van der Waals surface area contributed by atoms with Crippen LogP contribution in [0.4, 0.5) is 5.69 Å². The maximum atomic E-state index is 5.69. The second-order valence-corrected chi connectivity index (χ2v) is 5.57. The maximum absolute atomic E-state index is 5.69. The number of benzene rings is 2. The molecule has 0 spiro atoms. The molecule has 19 heavy (non-hydrogen) atoms. The smallest absolute Gasteiger partial charge is 0.131 e. The van der Waals surface area contributed by atoms with E-state index in [9.17, 15) is 0 Å². The van der Waals surface area contributed by atoms with Gasteiger partial charge in [0.15, 0.2) is 0 Å². The summed E-state index contributed by atoms with van der Waals surface area (Å²) in [6.07, 6.45) is 0.650. The first kappa shape index (κ1) is 13.4. The zero-order valence-electron chi connectivity index (χ0n) is 11.0. The number of rotatable bonds is 5. The Morgan fingerprint density at radius 1 is 1.16 bits per heavy atom. The highest BCUT2D eigenvalue weighted by Gasteiger charge is 2.03. The van der Waals surface area contributed by atoms with Crippen molar-refractivity contribution in [3.63, 3.8) is 0 Å². The van der Waals surface area contributed by atoms with E-state index in [1.54, 1.807) is 0 Å². The molecule has 0 saturated carbocycles. The first-order valence-corrected chi connectivity index (χ1v) is 7.34. The van der Waals surface area contributed by atoms with Crippen LogP contribution in [-0.4, -0.2) is 15.7 Å². The third-order valence-electron chi connectivity index (χ3n) is 2.87. The highest BCUT2D eigenvalue weighted by atomic mass is 28.2. The fourth-order valence-electron chi connectivity index (χ4n) is 1.78. The summed E-state index contributed by atoms with van der Waals surface area (Å²) in [5.74, 6) is 0.847. The quantitative estimate of drug-likeness (QED) is 0.666. The summed E-state index contributed by atoms with van der Waals surface area (Å²) >= 11 is 0. The van der Waals surface area contributed by atoms with Crippen LogP contribution in [0.3, 0.4) is 0 Å². The van der Waals surface area contributed by atoms with E-state index in [0.717, 1.165) is 16.6 Å². The molecule has 3 heteroatoms. The van der Waals surface area contributed by atoms with Crippen LogP contribution < -0.4 is 10.5 Å². The van der Waals surface area contributed by atoms with Gasteiger partial charge in [0.25, 0.3) is 0 Å². The molecule has 0 unspecified atom stereocenters. The van der Waals surface area contributed by atoms with Gasteiger partial charge in [0.1, 0.15) is 15.3 Å². The average Bonchev–Trinajstić information content (AvgIpc) is 2.41. The van der Waals surface area contributed by atoms with Gasteiger partial charge in [0.05, 0.1) is 6.23 Å². The number of ether oxygens (including phenoxy) is 1. The third-order valence-corrected chi connectivity index (χ3v) is 3.86. The lowest BCUT2D eigenvalue weighted by atomic mass is 10.1. The van der Waals surface area contributed by atoms with E-state index in [0.29, 0.717) is 15.7 Å². The van der Waals surface area contributed by atoms with Gasteiger partial charge in [-0.2, -0.15) is 0 Å². The van der Waals surface area contributed by atoms with Gasteiger partial charge < -0.3 is 10.5 Å². The van der Waals surface area contributed by atoms with Gasteiger partial charge in [0.2, 0.25) is 0 Å². The molecule has 0 aliphatic carbocycles. The Kier molecular flexibility index (Phi) is 4.42. The molecule has 0 amide bonds. The molecule has 0 fully saturated rings. The summed E-state index contributed by atoms with van der Waals surface area (Å²) in [6.45, 7) is 6.25. The summed E-state index contributed by atoms with van der Waals surface area (Å²) in [5, 5.41) is 1.13. The van der Waals surface area contributed by atoms with Crippen LogP contribution in [0.25, 0.3) is 5.20 Å². The Bertz CT molecular complexity index is 563. The molecule has 2 radical (unpaired) electrons. The van der Waals surface area contributed by atoms with Crippen LogP contribution in [0.5, 0.6) is 5.75 Å². The molecular weight excluding hydrogens is 250 g/mol. The standard InChI is InChI=1S/C16H17NOSi/c1-12-5-3-4-6-16(12)13(2)19-11-18-15-9-7-14(17)8-10-15/h3-10H,2,11,17H2,1H3. The molecule has 0 aliphatic rings. The lowest BCUT2D eigenvalue weighted by molar-refractivity contribution is 0.386. The van der Waals surface area contributed by atoms with Gasteiger partial charge in [-0.1, -0.05) is 36.0 Å². The molecule has 2 rings (SSSR count). The van der Waals surface area contributed by atoms with E-state index >= 15 is 0 Å². The minimum Gasteiger partial charge on any atom is -0.497 e. The summed E-state index contributed by atoms with van der Waals surface area (Å²) in [6, 6.07) is 15.7. The highest BCUT2D eigenvalue weighted by molar-refractivity contribution is 6.60. The molecule has 0 heterocycles. The van der Waals surface area contributed by atoms with Crippen molar-refractivity contribution in [1.82, 2.24) is 0 Å². The monoisotopic (exact) mass is 267 g/mol. The van der Waals surface area contributed by atoms with Gasteiger partial charge in [-0.25, -0.2) is 0 Å². The van der Waals surface area contributed by atoms with Crippen LogP contribution in [0, 0.1) is 6.92 Å². The zero-order chi connectivity index (χ0) is 13.7. The predicted octanol–water partition coefficient (Wildman–Crippen LogP) is 3.29. The van der Waals surface area contributed by atoms with Crippen LogP contribution in [0.1, 0.15) is 11.1 Å². The minimum atomic E-state index is 0.555. The molecule has 96 valence electrons. The van der Waals surface area contributed by atoms with Crippen molar-refractivity contribution in [2.75, 3.05) is 12.0 Å². The average molecular weight is 267 g/mol. The van der Waals surface area contributed by atoms with E-state index in [1.807, 2.05) is 36.4 Å². The van der Waals surface area contributed by atoms with Crippen molar-refractivity contribution in [2.45, 2.75) is 6.92 Å². The summed E-state index contributed by atoms with van der Waals surface area (Å²) < 4.78 is 5.69. The number of nitrogen functional groups attached to an aromatic ring is 1. The molecule has 0 bridgehead atoms. The molecule has 0 atom stereocenters. The molecule has 2 aromatic rings. The molecule has 2 N–H and O–H groups in total. The Labute approximate surface area is 116 Å². The van der Waals surface area contributed by atoms with E-state index in [2.05, 4.69) is 25.6 Å². The zero-order valence-corrected chi connectivity index (χ0v) is 12.0. The van der Waals surface area contributed by atoms with E-state index < -0.39 is 0 Å². The van der Waals surface area contributed by atoms with E-state index in [1.165, 1.54) is 11.1 Å². The summed E-state index contributed by atoms with van der Waals surface area (Å²) in [4.78, 5) is 0. The van der Waals surface area contributed by atoms with Crippen molar-refractivity contribution in [2.24, 2.45) is 0 Å². The van der Waals surface area contributed by atoms with Crippen LogP contribution in [0.2, 0.25) is 0 Å². The largest absolute Gasteiger partial charge is 0.497 e. The maximum Gasteiger partial charge on any atom is 0.131 e. The van der Waals surface area contributed by atoms with Crippen molar-refractivity contribution in [3.05, 3.63) is 66.2 Å². The fourth-order valence-corrected chi connectivity index (χ4v) is 2.66. The van der Waals surface area contributed by atoms with Crippen molar-refractivity contribution < 1.29 is 4.74 Å². The van der Waals surface area contributed by atoms with E-state index in [4.69, 9.17) is 10.5 Å². The Morgan fingerprint density at radius 2 is 1.84 bits per heavy atom. The first-order chi connectivity index (χ1) is 9.16. The SMILES string of the molecule is C=C([Si]COc1ccc(N)cc1)c1ccccc1C. The second-order valence-electron chi connectivity index (χ2n) is 4.33. The molecule has 2 aromatic carbocycles. The minimum absolute atomic E-state index is 0.555. The molecule has 2 nitrogen and oxygen atoms in total. The Hall–Kier alpha value is -2.00. The van der Waals surface area contributed by atoms with Gasteiger partial charge in [-0.15, -0.1) is 0 Å². The molecule has 0 aromatic heterocycles. The Balaban J connectivity index is 1.88. The van der Waals surface area contributed by atoms with Crippen LogP contribution in [0.15, 0.2) is 55.1 Å². The summed E-state index contributed by atoms with van der Waals surface area (Å²) in [5.41, 5.74) is 8.86. The number of hydrogen-bond donors (Lipinski definition) is 1. The van der Waals surface area contributed by atoms with Gasteiger partial charge in [-0.3, -0.25) is 0 Å². The van der Waals surface area contributed by atoms with Gasteiger partial charge in [0, 0.05) is 5.69 Å². The van der Waals surface area contributed by atoms with E-state index in [-0.39, 0.29) is 0 Å². The second kappa shape index (κ2) is 6.25. The number of anilines is 1. The number of hydrogen-bond acceptors (Lipinski definition) is 2. The third kappa shape index (κ3) is 3.73. The number of nitrogens with two attached hydrogens (primary N) is 1. The van der Waals surface area contributed by atoms with Crippen LogP contribution in [-0.2, 0) is 0 Å². The van der Waals surface area contributed by atoms with Crippen molar-refractivity contribution in [1.29, 1.82) is 0 Å². The molecule has 0 saturated heterocycles. The lowest BCUT2D eigenvalue weighted by Gasteiger charge is -2.09. The van der Waals surface area contributed by atoms with Crippen LogP contribution >= 0.6 is 0 Å². The van der Waals surface area contributed by atoms with Crippen molar-refractivity contribution >= 4 is 20.4 Å². The predicted molar refractivity (Wildman–Crippen MR) is 82.3 cm³/mol. The fraction of sp³-hybridized carbons (Fsp3) is 0.125. The van der Waals surface area contributed by atoms with Gasteiger partial charge >= 0.3 is 0 Å². The Morgan fingerprint density at radius 3 is 2.53 bits per heavy atom. The highest BCUT2D eigenvalue weighted by Crippen LogP contribution is 2.17. The van der Waals surface area contributed by atoms with Crippen molar-refractivity contribution in [3.8, 4) is 5.75 Å². The topological polar surface area (TPSA) is 35.2 Å². The summed E-state index contributed by atoms with van der Waals surface area (Å²) in [7, 11) is 0.555. The lowest BCUT2D eigenvalue weighted by Crippen LogP contribution is -2.09. The molecule has 0 aliphatic heterocycles. The normalized spacial score (nSPS) is 10.2.